The van der Waals surface area contributed by atoms with Crippen LogP contribution in [0.25, 0.3) is 0 Å². The summed E-state index contributed by atoms with van der Waals surface area (Å²) in [5, 5.41) is 43.1. The van der Waals surface area contributed by atoms with Gasteiger partial charge in [0, 0.05) is 30.7 Å². The lowest BCUT2D eigenvalue weighted by molar-refractivity contribution is -0.346. The molecule has 3 aliphatic carbocycles. The molecule has 4 aliphatic rings. The van der Waals surface area contributed by atoms with Crippen molar-refractivity contribution in [2.75, 3.05) is 19.7 Å². The van der Waals surface area contributed by atoms with E-state index >= 15 is 4.79 Å². The van der Waals surface area contributed by atoms with Crippen LogP contribution in [0.2, 0.25) is 0 Å². The van der Waals surface area contributed by atoms with Crippen LogP contribution in [0.5, 0.6) is 0 Å². The van der Waals surface area contributed by atoms with Gasteiger partial charge in [-0.3, -0.25) is 24.0 Å². The van der Waals surface area contributed by atoms with Crippen molar-refractivity contribution in [3.05, 3.63) is 119 Å². The Morgan fingerprint density at radius 2 is 1.48 bits per heavy atom. The van der Waals surface area contributed by atoms with E-state index in [4.69, 9.17) is 29.4 Å². The number of fused-ring (bicyclic) bond motifs is 5. The zero-order valence-electron chi connectivity index (χ0n) is 37.6. The number of Topliss-reactive ketones (excluding diaryl/α,β-unsaturated/α-hetero) is 1. The van der Waals surface area contributed by atoms with Gasteiger partial charge in [0.2, 0.25) is 12.0 Å². The Hall–Kier alpha value is -6.31. The number of benzene rings is 3. The number of esters is 4. The lowest BCUT2D eigenvalue weighted by atomic mass is 9.44. The Bertz CT molecular complexity index is 2450. The number of hydrogen-bond donors (Lipinski definition) is 6. The van der Waals surface area contributed by atoms with E-state index in [9.17, 15) is 44.1 Å². The zero-order valence-corrected chi connectivity index (χ0v) is 37.6. The maximum atomic E-state index is 15.2. The molecule has 67 heavy (non-hydrogen) atoms. The first-order valence-corrected chi connectivity index (χ1v) is 21.9. The number of amides is 2. The number of carbonyl (C=O) groups excluding carboxylic acids is 7. The first-order chi connectivity index (χ1) is 31.7. The summed E-state index contributed by atoms with van der Waals surface area (Å²) in [6.45, 7) is 5.47. The molecule has 1 saturated heterocycles. The molecule has 3 aromatic rings. The molecular weight excluding hydrogens is 871 g/mol. The second-order valence-electron chi connectivity index (χ2n) is 18.2. The molecule has 18 nitrogen and oxygen atoms in total. The van der Waals surface area contributed by atoms with Gasteiger partial charge in [-0.1, -0.05) is 80.6 Å². The van der Waals surface area contributed by atoms with Crippen LogP contribution >= 0.6 is 0 Å². The summed E-state index contributed by atoms with van der Waals surface area (Å²) < 4.78 is 30.3. The highest BCUT2D eigenvalue weighted by atomic mass is 16.6. The van der Waals surface area contributed by atoms with Gasteiger partial charge in [-0.05, 0) is 54.8 Å². The van der Waals surface area contributed by atoms with Gasteiger partial charge in [0.05, 0.1) is 36.2 Å². The SMILES string of the molecule is CC(=O)O[C@@]12CO[C@@H]1C[C@H](O)[C@@]1(C)C(=O)[C@H](O)C3=C(C)[C@@H](OC(=O)[C@H](OC(=O)CNC(=O)CN)[C@@H](NC(=O)c4ccccc4)c4ccccc4)C[C@@](O)([C@@H](OC(=O)c4ccccc4)C12)C3(C)C. The van der Waals surface area contributed by atoms with Crippen molar-refractivity contribution in [1.82, 2.24) is 10.6 Å². The summed E-state index contributed by atoms with van der Waals surface area (Å²) in [6, 6.07) is 22.4. The van der Waals surface area contributed by atoms with E-state index in [1.165, 1.54) is 52.0 Å². The zero-order chi connectivity index (χ0) is 48.6. The van der Waals surface area contributed by atoms with Crippen molar-refractivity contribution in [3.8, 4) is 0 Å². The van der Waals surface area contributed by atoms with E-state index in [1.54, 1.807) is 66.7 Å². The maximum absolute atomic E-state index is 15.2. The molecule has 7 rings (SSSR count). The highest BCUT2D eigenvalue weighted by Gasteiger charge is 2.78. The van der Waals surface area contributed by atoms with E-state index < -0.39 is 132 Å². The van der Waals surface area contributed by atoms with Gasteiger partial charge in [0.1, 0.15) is 42.6 Å². The third-order valence-electron chi connectivity index (χ3n) is 14.1. The van der Waals surface area contributed by atoms with Crippen molar-refractivity contribution in [2.24, 2.45) is 22.5 Å². The molecule has 1 unspecified atom stereocenters. The first-order valence-electron chi connectivity index (χ1n) is 21.9. The number of carbonyl (C=O) groups is 7. The average Bonchev–Trinajstić information content (AvgIpc) is 3.31. The summed E-state index contributed by atoms with van der Waals surface area (Å²) in [5.74, 6) is -8.09. The van der Waals surface area contributed by atoms with Crippen LogP contribution in [0.15, 0.2) is 102 Å². The van der Waals surface area contributed by atoms with Gasteiger partial charge < -0.3 is 55.4 Å². The topological polar surface area (TPSA) is 276 Å². The van der Waals surface area contributed by atoms with E-state index in [0.717, 1.165) is 6.92 Å². The average molecular weight is 926 g/mol. The molecule has 1 aliphatic heterocycles. The molecule has 18 heteroatoms. The number of ether oxygens (including phenoxy) is 5. The molecule has 0 spiro atoms. The van der Waals surface area contributed by atoms with E-state index in [2.05, 4.69) is 10.6 Å². The molecule has 2 amide bonds. The van der Waals surface area contributed by atoms with Gasteiger partial charge in [-0.15, -0.1) is 0 Å². The van der Waals surface area contributed by atoms with Crippen LogP contribution in [0, 0.1) is 16.7 Å². The number of ketones is 1. The van der Waals surface area contributed by atoms with Crippen LogP contribution < -0.4 is 16.4 Å². The molecule has 0 aromatic heterocycles. The Morgan fingerprint density at radius 1 is 0.881 bits per heavy atom. The smallest absolute Gasteiger partial charge is 0.350 e. The quantitative estimate of drug-likeness (QED) is 0.0810. The van der Waals surface area contributed by atoms with E-state index in [0.29, 0.717) is 0 Å². The van der Waals surface area contributed by atoms with Gasteiger partial charge >= 0.3 is 23.9 Å². The predicted octanol–water partition coefficient (Wildman–Crippen LogP) is 1.79. The third kappa shape index (κ3) is 8.63. The molecule has 2 bridgehead atoms. The largest absolute Gasteiger partial charge is 0.455 e. The van der Waals surface area contributed by atoms with E-state index in [-0.39, 0.29) is 40.9 Å². The van der Waals surface area contributed by atoms with Crippen LogP contribution in [0.1, 0.15) is 79.8 Å². The molecule has 1 heterocycles. The Kier molecular flexibility index (Phi) is 13.6. The molecule has 3 fully saturated rings. The molecule has 2 saturated carbocycles. The lowest BCUT2D eigenvalue weighted by Crippen LogP contribution is -2.81. The van der Waals surface area contributed by atoms with E-state index in [1.807, 2.05) is 0 Å². The molecule has 3 aromatic carbocycles. The standard InChI is InChI=1S/C49H55N3O15/c1-26-31(64-45(61)39(65-35(56)24-51-34(55)23-50)37(28-15-9-6-10-16-28)52-43(59)29-17-11-7-12-18-29)22-49(62)42(66-44(60)30-19-13-8-14-20-30)40-47(5,41(58)38(57)36(26)46(49,3)4)32(54)21-33-48(40,25-63-33)67-27(2)53/h6-20,31-33,37-40,42,54,57,62H,21-25,50H2,1-5H3,(H,51,55)(H,52,59)/t31-,32-,33+,37-,38+,39+,40?,42-,47+,48-,49+/m0/s1. The van der Waals surface area contributed by atoms with Crippen LogP contribution in [0.4, 0.5) is 0 Å². The molecule has 11 atom stereocenters. The number of aliphatic hydroxyl groups is 3. The minimum atomic E-state index is -2.45. The van der Waals surface area contributed by atoms with Crippen LogP contribution in [-0.2, 0) is 47.7 Å². The summed E-state index contributed by atoms with van der Waals surface area (Å²) >= 11 is 0. The van der Waals surface area contributed by atoms with Crippen LogP contribution in [-0.4, -0.2) is 124 Å². The van der Waals surface area contributed by atoms with Crippen molar-refractivity contribution >= 4 is 41.5 Å². The summed E-state index contributed by atoms with van der Waals surface area (Å²) in [4.78, 5) is 96.7. The normalized spacial score (nSPS) is 30.3. The van der Waals surface area contributed by atoms with Crippen molar-refractivity contribution < 1.29 is 72.6 Å². The highest BCUT2D eigenvalue weighted by molar-refractivity contribution is 5.96. The predicted molar refractivity (Wildman–Crippen MR) is 234 cm³/mol. The Balaban J connectivity index is 1.37. The van der Waals surface area contributed by atoms with Crippen molar-refractivity contribution in [3.63, 3.8) is 0 Å². The fourth-order valence-electron chi connectivity index (χ4n) is 10.5. The lowest BCUT2D eigenvalue weighted by Gasteiger charge is -2.67. The van der Waals surface area contributed by atoms with Gasteiger partial charge in [-0.2, -0.15) is 0 Å². The van der Waals surface area contributed by atoms with Gasteiger partial charge in [0.25, 0.3) is 5.91 Å². The third-order valence-corrected chi connectivity index (χ3v) is 14.1. The minimum Gasteiger partial charge on any atom is -0.455 e. The van der Waals surface area contributed by atoms with Crippen LogP contribution in [0.3, 0.4) is 0 Å². The first kappa shape index (κ1) is 48.6. The summed E-state index contributed by atoms with van der Waals surface area (Å²) in [6.07, 6.45) is -11.0. The minimum absolute atomic E-state index is 0.0425. The number of nitrogens with two attached hydrogens (primary N) is 1. The number of rotatable bonds is 13. The second kappa shape index (κ2) is 18.8. The molecule has 7 N–H and O–H groups in total. The second-order valence-corrected chi connectivity index (χ2v) is 18.2. The van der Waals surface area contributed by atoms with Gasteiger partial charge in [0.15, 0.2) is 11.4 Å². The fraction of sp³-hybridized carbons (Fsp3) is 0.449. The molecular formula is C49H55N3O15. The summed E-state index contributed by atoms with van der Waals surface area (Å²) in [5.41, 5.74) is -2.14. The maximum Gasteiger partial charge on any atom is 0.350 e. The van der Waals surface area contributed by atoms with Gasteiger partial charge in [-0.25, -0.2) is 9.59 Å². The Labute approximate surface area is 386 Å². The molecule has 0 radical (unpaired) electrons. The number of hydrogen-bond acceptors (Lipinski definition) is 16. The monoisotopic (exact) mass is 925 g/mol. The fourth-order valence-corrected chi connectivity index (χ4v) is 10.5. The highest BCUT2D eigenvalue weighted by Crippen LogP contribution is 2.64. The Morgan fingerprint density at radius 3 is 2.04 bits per heavy atom. The number of aliphatic hydroxyl groups excluding tert-OH is 2. The molecule has 356 valence electrons. The number of nitrogens with one attached hydrogen (secondary N) is 2. The van der Waals surface area contributed by atoms with Crippen molar-refractivity contribution in [2.45, 2.75) is 101 Å². The summed E-state index contributed by atoms with van der Waals surface area (Å²) in [7, 11) is 0. The van der Waals surface area contributed by atoms with Crippen molar-refractivity contribution in [1.29, 1.82) is 0 Å².